The van der Waals surface area contributed by atoms with Crippen molar-refractivity contribution < 1.29 is 9.18 Å². The number of thiazole rings is 1. The highest BCUT2D eigenvalue weighted by Gasteiger charge is 2.11. The quantitative estimate of drug-likeness (QED) is 0.745. The third kappa shape index (κ3) is 3.96. The van der Waals surface area contributed by atoms with Crippen LogP contribution in [0.2, 0.25) is 5.02 Å². The van der Waals surface area contributed by atoms with Crippen LogP contribution in [0.4, 0.5) is 9.52 Å². The molecule has 3 rings (SSSR count). The highest BCUT2D eigenvalue weighted by molar-refractivity contribution is 7.15. The molecule has 24 heavy (non-hydrogen) atoms. The summed E-state index contributed by atoms with van der Waals surface area (Å²) in [6.45, 7) is 1.73. The molecule has 0 aliphatic rings. The van der Waals surface area contributed by atoms with E-state index in [0.717, 1.165) is 10.4 Å². The largest absolute Gasteiger partial charge is 0.296 e. The molecular weight excluding hydrogens is 349 g/mol. The fraction of sp³-hybridized carbons (Fsp3) is 0.118. The number of hydrogen-bond acceptors (Lipinski definition) is 4. The van der Waals surface area contributed by atoms with Crippen LogP contribution in [-0.2, 0) is 6.42 Å². The van der Waals surface area contributed by atoms with Crippen LogP contribution in [-0.4, -0.2) is 15.9 Å². The van der Waals surface area contributed by atoms with Crippen molar-refractivity contribution in [2.24, 2.45) is 0 Å². The van der Waals surface area contributed by atoms with E-state index in [-0.39, 0.29) is 17.4 Å². The summed E-state index contributed by atoms with van der Waals surface area (Å²) in [5, 5.41) is 3.59. The molecule has 4 nitrogen and oxygen atoms in total. The van der Waals surface area contributed by atoms with Gasteiger partial charge in [-0.1, -0.05) is 23.7 Å². The van der Waals surface area contributed by atoms with Crippen LogP contribution < -0.4 is 5.32 Å². The van der Waals surface area contributed by atoms with Crippen molar-refractivity contribution in [1.82, 2.24) is 9.97 Å². The molecule has 122 valence electrons. The lowest BCUT2D eigenvalue weighted by molar-refractivity contribution is 0.102. The summed E-state index contributed by atoms with van der Waals surface area (Å²) in [7, 11) is 0. The fourth-order valence-corrected chi connectivity index (χ4v) is 3.09. The minimum Gasteiger partial charge on any atom is -0.296 e. The van der Waals surface area contributed by atoms with E-state index in [2.05, 4.69) is 15.3 Å². The molecule has 3 aromatic rings. The number of carbonyl (C=O) groups excluding carboxylic acids is 1. The van der Waals surface area contributed by atoms with E-state index in [1.54, 1.807) is 25.3 Å². The molecule has 0 aliphatic carbocycles. The minimum absolute atomic E-state index is 0.222. The molecule has 0 radical (unpaired) electrons. The number of nitrogens with zero attached hydrogens (tertiary/aromatic N) is 2. The zero-order valence-corrected chi connectivity index (χ0v) is 14.3. The van der Waals surface area contributed by atoms with E-state index in [1.165, 1.54) is 29.7 Å². The number of amides is 1. The molecule has 0 saturated heterocycles. The number of hydrogen-bond donors (Lipinski definition) is 1. The lowest BCUT2D eigenvalue weighted by Gasteiger charge is -2.02. The van der Waals surface area contributed by atoms with Gasteiger partial charge < -0.3 is 0 Å². The highest BCUT2D eigenvalue weighted by atomic mass is 35.5. The predicted molar refractivity (Wildman–Crippen MR) is 93.3 cm³/mol. The lowest BCUT2D eigenvalue weighted by Crippen LogP contribution is -2.13. The van der Waals surface area contributed by atoms with Crippen molar-refractivity contribution in [3.63, 3.8) is 0 Å². The van der Waals surface area contributed by atoms with Crippen molar-refractivity contribution in [2.45, 2.75) is 13.3 Å². The summed E-state index contributed by atoms with van der Waals surface area (Å²) in [5.41, 5.74) is 1.70. The van der Waals surface area contributed by atoms with E-state index in [0.29, 0.717) is 22.1 Å². The summed E-state index contributed by atoms with van der Waals surface area (Å²) >= 11 is 7.19. The maximum atomic E-state index is 13.6. The number of nitrogens with one attached hydrogen (secondary N) is 1. The molecule has 2 heterocycles. The monoisotopic (exact) mass is 361 g/mol. The molecule has 1 amide bonds. The van der Waals surface area contributed by atoms with Crippen LogP contribution in [0.15, 0.2) is 42.7 Å². The first kappa shape index (κ1) is 16.5. The van der Waals surface area contributed by atoms with Crippen LogP contribution in [0.25, 0.3) is 0 Å². The molecule has 0 unspecified atom stereocenters. The molecule has 0 atom stereocenters. The zero-order chi connectivity index (χ0) is 17.1. The van der Waals surface area contributed by atoms with Crippen LogP contribution >= 0.6 is 22.9 Å². The van der Waals surface area contributed by atoms with Crippen molar-refractivity contribution in [3.8, 4) is 0 Å². The van der Waals surface area contributed by atoms with Gasteiger partial charge >= 0.3 is 0 Å². The van der Waals surface area contributed by atoms with Crippen molar-refractivity contribution in [1.29, 1.82) is 0 Å². The maximum Gasteiger partial charge on any atom is 0.276 e. The van der Waals surface area contributed by atoms with Gasteiger partial charge in [0.2, 0.25) is 0 Å². The number of aromatic nitrogens is 2. The van der Waals surface area contributed by atoms with Gasteiger partial charge in [0.25, 0.3) is 5.91 Å². The number of rotatable bonds is 4. The van der Waals surface area contributed by atoms with Crippen molar-refractivity contribution in [3.05, 3.63) is 75.3 Å². The van der Waals surface area contributed by atoms with Crippen molar-refractivity contribution >= 4 is 34.0 Å². The lowest BCUT2D eigenvalue weighted by atomic mass is 10.1. The Bertz CT molecular complexity index is 897. The second-order valence-electron chi connectivity index (χ2n) is 5.21. The van der Waals surface area contributed by atoms with Gasteiger partial charge in [-0.2, -0.15) is 0 Å². The maximum absolute atomic E-state index is 13.6. The fourth-order valence-electron chi connectivity index (χ4n) is 2.08. The smallest absolute Gasteiger partial charge is 0.276 e. The van der Waals surface area contributed by atoms with Gasteiger partial charge in [0.1, 0.15) is 11.5 Å². The predicted octanol–water partition coefficient (Wildman–Crippen LogP) is 4.48. The Morgan fingerprint density at radius 2 is 2.12 bits per heavy atom. The molecule has 0 spiro atoms. The summed E-state index contributed by atoms with van der Waals surface area (Å²) in [6, 6.07) is 8.23. The summed E-state index contributed by atoms with van der Waals surface area (Å²) in [6.07, 6.45) is 3.69. The normalized spacial score (nSPS) is 10.6. The number of halogens is 2. The first-order chi connectivity index (χ1) is 11.5. The van der Waals surface area contributed by atoms with E-state index in [1.807, 2.05) is 6.07 Å². The Morgan fingerprint density at radius 3 is 2.88 bits per heavy atom. The van der Waals surface area contributed by atoms with Gasteiger partial charge in [0.15, 0.2) is 5.13 Å². The Balaban J connectivity index is 1.69. The molecule has 0 bridgehead atoms. The second-order valence-corrected chi connectivity index (χ2v) is 6.76. The number of carbonyl (C=O) groups is 1. The average molecular weight is 362 g/mol. The third-order valence-corrected chi connectivity index (χ3v) is 4.49. The molecule has 7 heteroatoms. The van der Waals surface area contributed by atoms with E-state index < -0.39 is 0 Å². The molecule has 0 saturated carbocycles. The Morgan fingerprint density at radius 1 is 1.29 bits per heavy atom. The number of aryl methyl sites for hydroxylation is 1. The highest BCUT2D eigenvalue weighted by Crippen LogP contribution is 2.22. The summed E-state index contributed by atoms with van der Waals surface area (Å²) < 4.78 is 13.6. The summed E-state index contributed by atoms with van der Waals surface area (Å²) in [4.78, 5) is 21.2. The van der Waals surface area contributed by atoms with Gasteiger partial charge in [0, 0.05) is 28.7 Å². The SMILES string of the molecule is Cc1ccc(Cc2cnc(NC(=O)c3cc(Cl)ccn3)s2)cc1F. The van der Waals surface area contributed by atoms with Gasteiger partial charge in [-0.3, -0.25) is 15.1 Å². The zero-order valence-electron chi connectivity index (χ0n) is 12.7. The molecule has 2 aromatic heterocycles. The minimum atomic E-state index is -0.375. The van der Waals surface area contributed by atoms with Crippen LogP contribution in [0, 0.1) is 12.7 Å². The second kappa shape index (κ2) is 7.07. The standard InChI is InChI=1S/C17H13ClFN3OS/c1-10-2-3-11(7-14(10)19)6-13-9-21-17(24-13)22-16(23)15-8-12(18)4-5-20-15/h2-5,7-9H,6H2,1H3,(H,21,22,23). The number of anilines is 1. The molecule has 1 N–H and O–H groups in total. The molecule has 1 aromatic carbocycles. The van der Waals surface area contributed by atoms with Gasteiger partial charge in [-0.15, -0.1) is 11.3 Å². The summed E-state index contributed by atoms with van der Waals surface area (Å²) in [5.74, 6) is -0.600. The molecule has 0 fully saturated rings. The molecular formula is C17H13ClFN3OS. The Hall–Kier alpha value is -2.31. The molecule has 0 aliphatic heterocycles. The average Bonchev–Trinajstić information content (AvgIpc) is 2.98. The van der Waals surface area contributed by atoms with Gasteiger partial charge in [-0.25, -0.2) is 9.37 Å². The topological polar surface area (TPSA) is 54.9 Å². The first-order valence-corrected chi connectivity index (χ1v) is 8.33. The van der Waals surface area contributed by atoms with E-state index in [9.17, 15) is 9.18 Å². The van der Waals surface area contributed by atoms with E-state index >= 15 is 0 Å². The van der Waals surface area contributed by atoms with E-state index in [4.69, 9.17) is 11.6 Å². The van der Waals surface area contributed by atoms with Crippen LogP contribution in [0.5, 0.6) is 0 Å². The van der Waals surface area contributed by atoms with Gasteiger partial charge in [-0.05, 0) is 36.2 Å². The number of pyridine rings is 1. The van der Waals surface area contributed by atoms with Gasteiger partial charge in [0.05, 0.1) is 0 Å². The Labute approximate surface area is 147 Å². The van der Waals surface area contributed by atoms with Crippen LogP contribution in [0.3, 0.4) is 0 Å². The third-order valence-electron chi connectivity index (χ3n) is 3.34. The Kier molecular flexibility index (Phi) is 4.87. The first-order valence-electron chi connectivity index (χ1n) is 7.14. The van der Waals surface area contributed by atoms with Crippen molar-refractivity contribution in [2.75, 3.05) is 5.32 Å². The van der Waals surface area contributed by atoms with Crippen LogP contribution in [0.1, 0.15) is 26.5 Å². The number of benzene rings is 1.